The van der Waals surface area contributed by atoms with Crippen LogP contribution in [0.4, 0.5) is 0 Å². The van der Waals surface area contributed by atoms with Crippen molar-refractivity contribution in [1.82, 2.24) is 5.32 Å². The normalized spacial score (nSPS) is 17.4. The number of allylic oxidation sites excluding steroid dienone is 1. The lowest BCUT2D eigenvalue weighted by molar-refractivity contribution is -0.0304. The fourth-order valence-corrected chi connectivity index (χ4v) is 1.69. The molecule has 2 nitrogen and oxygen atoms in total. The van der Waals surface area contributed by atoms with E-state index in [4.69, 9.17) is 4.74 Å². The lowest BCUT2D eigenvalue weighted by atomic mass is 9.89. The summed E-state index contributed by atoms with van der Waals surface area (Å²) in [6.45, 7) is 11.2. The van der Waals surface area contributed by atoms with Crippen molar-refractivity contribution in [1.29, 1.82) is 0 Å². The molecule has 0 rings (SSSR count). The van der Waals surface area contributed by atoms with Gasteiger partial charge < -0.3 is 10.1 Å². The van der Waals surface area contributed by atoms with Crippen molar-refractivity contribution < 1.29 is 4.74 Å². The van der Waals surface area contributed by atoms with Gasteiger partial charge >= 0.3 is 0 Å². The summed E-state index contributed by atoms with van der Waals surface area (Å²) in [5, 5.41) is 3.49. The first kappa shape index (κ1) is 13.7. The zero-order valence-corrected chi connectivity index (χ0v) is 10.1. The van der Waals surface area contributed by atoms with Crippen LogP contribution in [-0.4, -0.2) is 25.3 Å². The van der Waals surface area contributed by atoms with Gasteiger partial charge in [0, 0.05) is 13.2 Å². The Morgan fingerprint density at radius 2 is 2.14 bits per heavy atom. The number of nitrogens with one attached hydrogen (secondary N) is 1. The highest BCUT2D eigenvalue weighted by molar-refractivity contribution is 4.89. The Labute approximate surface area is 88.7 Å². The second kappa shape index (κ2) is 7.02. The van der Waals surface area contributed by atoms with E-state index in [0.717, 1.165) is 25.8 Å². The summed E-state index contributed by atoms with van der Waals surface area (Å²) >= 11 is 0. The van der Waals surface area contributed by atoms with Gasteiger partial charge in [-0.3, -0.25) is 0 Å². The van der Waals surface area contributed by atoms with Crippen molar-refractivity contribution in [3.05, 3.63) is 12.7 Å². The van der Waals surface area contributed by atoms with Crippen LogP contribution in [0.3, 0.4) is 0 Å². The van der Waals surface area contributed by atoms with E-state index >= 15 is 0 Å². The summed E-state index contributed by atoms with van der Waals surface area (Å²) in [5.74, 6) is 0. The van der Waals surface area contributed by atoms with Crippen molar-refractivity contribution in [2.75, 3.05) is 13.7 Å². The molecule has 0 heterocycles. The lowest BCUT2D eigenvalue weighted by Gasteiger charge is -2.36. The Kier molecular flexibility index (Phi) is 6.85. The molecular weight excluding hydrogens is 174 g/mol. The predicted octanol–water partition coefficient (Wildman–Crippen LogP) is 2.75. The van der Waals surface area contributed by atoms with Crippen molar-refractivity contribution in [2.24, 2.45) is 0 Å². The van der Waals surface area contributed by atoms with Crippen LogP contribution in [0.1, 0.15) is 40.0 Å². The molecule has 0 radical (unpaired) electrons. The third-order valence-corrected chi connectivity index (χ3v) is 3.02. The molecule has 84 valence electrons. The van der Waals surface area contributed by atoms with Crippen LogP contribution in [0.2, 0.25) is 0 Å². The van der Waals surface area contributed by atoms with Crippen LogP contribution >= 0.6 is 0 Å². The van der Waals surface area contributed by atoms with Gasteiger partial charge in [0.1, 0.15) is 0 Å². The van der Waals surface area contributed by atoms with Crippen LogP contribution in [0.5, 0.6) is 0 Å². The van der Waals surface area contributed by atoms with Gasteiger partial charge in [-0.05, 0) is 32.7 Å². The molecule has 0 saturated carbocycles. The number of rotatable bonds is 8. The minimum Gasteiger partial charge on any atom is -0.377 e. The Morgan fingerprint density at radius 3 is 2.50 bits per heavy atom. The van der Waals surface area contributed by atoms with Crippen molar-refractivity contribution in [3.8, 4) is 0 Å². The van der Waals surface area contributed by atoms with Gasteiger partial charge in [-0.2, -0.15) is 0 Å². The van der Waals surface area contributed by atoms with E-state index < -0.39 is 0 Å². The van der Waals surface area contributed by atoms with E-state index in [9.17, 15) is 0 Å². The summed E-state index contributed by atoms with van der Waals surface area (Å²) in [4.78, 5) is 0. The van der Waals surface area contributed by atoms with Gasteiger partial charge in [0.25, 0.3) is 0 Å². The molecule has 0 aromatic heterocycles. The molecular formula is C12H25NO. The first-order chi connectivity index (χ1) is 6.64. The third-order valence-electron chi connectivity index (χ3n) is 3.02. The molecule has 0 aliphatic carbocycles. The van der Waals surface area contributed by atoms with Gasteiger partial charge in [-0.25, -0.2) is 0 Å². The lowest BCUT2D eigenvalue weighted by Crippen LogP contribution is -2.49. The Bertz CT molecular complexity index is 152. The molecule has 0 aliphatic rings. The van der Waals surface area contributed by atoms with E-state index in [1.54, 1.807) is 7.11 Å². The zero-order valence-electron chi connectivity index (χ0n) is 10.1. The number of ether oxygens (including phenoxy) is 1. The van der Waals surface area contributed by atoms with E-state index in [2.05, 4.69) is 32.7 Å². The smallest absolute Gasteiger partial charge is 0.0800 e. The SMILES string of the molecule is C=CCCC(NCC)C(C)(CC)OC. The quantitative estimate of drug-likeness (QED) is 0.607. The predicted molar refractivity (Wildman–Crippen MR) is 62.6 cm³/mol. The molecule has 2 atom stereocenters. The summed E-state index contributed by atoms with van der Waals surface area (Å²) in [7, 11) is 1.79. The van der Waals surface area contributed by atoms with E-state index in [1.807, 2.05) is 6.08 Å². The topological polar surface area (TPSA) is 21.3 Å². The summed E-state index contributed by atoms with van der Waals surface area (Å²) < 4.78 is 5.60. The van der Waals surface area contributed by atoms with Gasteiger partial charge in [-0.15, -0.1) is 6.58 Å². The van der Waals surface area contributed by atoms with Crippen LogP contribution in [0.15, 0.2) is 12.7 Å². The Hall–Kier alpha value is -0.340. The molecule has 0 bridgehead atoms. The zero-order chi connectivity index (χ0) is 11.0. The minimum absolute atomic E-state index is 0.0565. The maximum Gasteiger partial charge on any atom is 0.0800 e. The van der Waals surface area contributed by atoms with E-state index in [-0.39, 0.29) is 5.60 Å². The summed E-state index contributed by atoms with van der Waals surface area (Å²) in [5.41, 5.74) is -0.0565. The molecule has 1 N–H and O–H groups in total. The Balaban J connectivity index is 4.34. The second-order valence-corrected chi connectivity index (χ2v) is 3.85. The molecule has 14 heavy (non-hydrogen) atoms. The number of hydrogen-bond donors (Lipinski definition) is 1. The number of hydrogen-bond acceptors (Lipinski definition) is 2. The molecule has 0 saturated heterocycles. The Morgan fingerprint density at radius 1 is 1.50 bits per heavy atom. The van der Waals surface area contributed by atoms with Gasteiger partial charge in [0.05, 0.1) is 5.60 Å². The van der Waals surface area contributed by atoms with Crippen molar-refractivity contribution in [3.63, 3.8) is 0 Å². The van der Waals surface area contributed by atoms with Crippen LogP contribution in [0.25, 0.3) is 0 Å². The van der Waals surface area contributed by atoms with Crippen LogP contribution < -0.4 is 5.32 Å². The first-order valence-corrected chi connectivity index (χ1v) is 5.54. The van der Waals surface area contributed by atoms with E-state index in [1.165, 1.54) is 0 Å². The molecule has 0 fully saturated rings. The molecule has 0 amide bonds. The van der Waals surface area contributed by atoms with E-state index in [0.29, 0.717) is 6.04 Å². The second-order valence-electron chi connectivity index (χ2n) is 3.85. The maximum absolute atomic E-state index is 5.60. The van der Waals surface area contributed by atoms with Gasteiger partial charge in [0.15, 0.2) is 0 Å². The van der Waals surface area contributed by atoms with Crippen LogP contribution in [0, 0.1) is 0 Å². The highest BCUT2D eigenvalue weighted by atomic mass is 16.5. The molecule has 0 aliphatic heterocycles. The monoisotopic (exact) mass is 199 g/mol. The first-order valence-electron chi connectivity index (χ1n) is 5.54. The molecule has 2 heteroatoms. The molecule has 0 spiro atoms. The fraction of sp³-hybridized carbons (Fsp3) is 0.833. The fourth-order valence-electron chi connectivity index (χ4n) is 1.69. The average Bonchev–Trinajstić information content (AvgIpc) is 2.23. The summed E-state index contributed by atoms with van der Waals surface area (Å²) in [6.07, 6.45) is 5.13. The van der Waals surface area contributed by atoms with Crippen molar-refractivity contribution >= 4 is 0 Å². The average molecular weight is 199 g/mol. The highest BCUT2D eigenvalue weighted by Gasteiger charge is 2.30. The van der Waals surface area contributed by atoms with Gasteiger partial charge in [0.2, 0.25) is 0 Å². The van der Waals surface area contributed by atoms with Crippen molar-refractivity contribution in [2.45, 2.75) is 51.7 Å². The largest absolute Gasteiger partial charge is 0.377 e. The molecule has 0 aromatic rings. The van der Waals surface area contributed by atoms with Gasteiger partial charge in [-0.1, -0.05) is 19.9 Å². The highest BCUT2D eigenvalue weighted by Crippen LogP contribution is 2.22. The van der Waals surface area contributed by atoms with Crippen LogP contribution in [-0.2, 0) is 4.74 Å². The number of methoxy groups -OCH3 is 1. The standard InChI is InChI=1S/C12H25NO/c1-6-9-10-11(13-8-3)12(4,7-2)14-5/h6,11,13H,1,7-10H2,2-5H3. The third kappa shape index (κ3) is 3.81. The summed E-state index contributed by atoms with van der Waals surface area (Å²) in [6, 6.07) is 0.417. The number of likely N-dealkylation sites (N-methyl/N-ethyl adjacent to an activating group) is 1. The molecule has 2 unspecified atom stereocenters. The maximum atomic E-state index is 5.60. The molecule has 0 aromatic carbocycles. The minimum atomic E-state index is -0.0565.